The first-order chi connectivity index (χ1) is 12.1. The van der Waals surface area contributed by atoms with Gasteiger partial charge in [-0.1, -0.05) is 17.2 Å². The second-order valence-corrected chi connectivity index (χ2v) is 5.94. The molecule has 2 amide bonds. The van der Waals surface area contributed by atoms with Crippen molar-refractivity contribution in [3.8, 4) is 6.07 Å². The first kappa shape index (κ1) is 15.1. The Morgan fingerprint density at radius 3 is 2.44 bits per heavy atom. The molecular formula is C18H13N3O4. The predicted molar refractivity (Wildman–Crippen MR) is 84.4 cm³/mol. The summed E-state index contributed by atoms with van der Waals surface area (Å²) in [6, 6.07) is 9.83. The van der Waals surface area contributed by atoms with E-state index in [0.29, 0.717) is 23.6 Å². The van der Waals surface area contributed by atoms with Crippen molar-refractivity contribution in [3.05, 3.63) is 58.4 Å². The number of aromatic nitrogens is 1. The van der Waals surface area contributed by atoms with E-state index in [0.717, 1.165) is 18.5 Å². The highest BCUT2D eigenvalue weighted by Crippen LogP contribution is 2.26. The average molecular weight is 335 g/mol. The first-order valence-electron chi connectivity index (χ1n) is 7.94. The number of nitrogens with zero attached hydrogens (tertiary/aromatic N) is 3. The minimum atomic E-state index is -0.820. The van der Waals surface area contributed by atoms with Gasteiger partial charge in [-0.2, -0.15) is 5.26 Å². The highest BCUT2D eigenvalue weighted by atomic mass is 16.7. The number of carbonyl (C=O) groups excluding carboxylic acids is 3. The summed E-state index contributed by atoms with van der Waals surface area (Å²) < 4.78 is 1.74. The maximum atomic E-state index is 12.5. The predicted octanol–water partition coefficient (Wildman–Crippen LogP) is 2.06. The standard InChI is InChI=1S/C18H13N3O4/c19-10-11-9-15(20-8-4-3-7-14(11)20)18(24)25-21-16(22)12-5-1-2-6-13(12)17(21)23/h1-2,5-6,9H,3-4,7-8H2. The summed E-state index contributed by atoms with van der Waals surface area (Å²) in [5.74, 6) is -2.15. The summed E-state index contributed by atoms with van der Waals surface area (Å²) in [4.78, 5) is 42.2. The highest BCUT2D eigenvalue weighted by Gasteiger charge is 2.39. The number of nitriles is 1. The third kappa shape index (κ3) is 2.22. The molecule has 0 fully saturated rings. The van der Waals surface area contributed by atoms with Crippen molar-refractivity contribution in [2.75, 3.05) is 0 Å². The zero-order chi connectivity index (χ0) is 17.6. The van der Waals surface area contributed by atoms with Gasteiger partial charge in [0.05, 0.1) is 16.7 Å². The summed E-state index contributed by atoms with van der Waals surface area (Å²) in [6.07, 6.45) is 2.55. The Kier molecular flexibility index (Phi) is 3.39. The molecule has 0 saturated carbocycles. The zero-order valence-corrected chi connectivity index (χ0v) is 13.2. The van der Waals surface area contributed by atoms with Crippen LogP contribution < -0.4 is 0 Å². The maximum Gasteiger partial charge on any atom is 0.380 e. The van der Waals surface area contributed by atoms with Crippen LogP contribution in [0.1, 0.15) is 55.3 Å². The summed E-state index contributed by atoms with van der Waals surface area (Å²) in [5, 5.41) is 9.73. The highest BCUT2D eigenvalue weighted by molar-refractivity contribution is 6.21. The Balaban J connectivity index is 1.64. The van der Waals surface area contributed by atoms with E-state index in [1.165, 1.54) is 18.2 Å². The van der Waals surface area contributed by atoms with Crippen LogP contribution in [0.25, 0.3) is 0 Å². The number of carbonyl (C=O) groups is 3. The van der Waals surface area contributed by atoms with E-state index in [1.54, 1.807) is 16.7 Å². The topological polar surface area (TPSA) is 92.4 Å². The van der Waals surface area contributed by atoms with Crippen LogP contribution in [-0.2, 0) is 17.8 Å². The van der Waals surface area contributed by atoms with E-state index in [9.17, 15) is 19.6 Å². The molecule has 0 spiro atoms. The molecule has 2 aromatic rings. The molecule has 1 aromatic carbocycles. The van der Waals surface area contributed by atoms with Crippen LogP contribution in [0.4, 0.5) is 0 Å². The van der Waals surface area contributed by atoms with E-state index < -0.39 is 17.8 Å². The van der Waals surface area contributed by atoms with Gasteiger partial charge in [-0.15, -0.1) is 0 Å². The Labute approximate surface area is 143 Å². The molecule has 7 heteroatoms. The SMILES string of the molecule is N#Cc1cc(C(=O)ON2C(=O)c3ccccc3C2=O)n2c1CCCC2. The second-order valence-electron chi connectivity index (χ2n) is 5.94. The number of hydrogen-bond donors (Lipinski definition) is 0. The van der Waals surface area contributed by atoms with Gasteiger partial charge in [0.25, 0.3) is 11.8 Å². The summed E-state index contributed by atoms with van der Waals surface area (Å²) in [6.45, 7) is 0.601. The van der Waals surface area contributed by atoms with E-state index >= 15 is 0 Å². The molecule has 1 aromatic heterocycles. The monoisotopic (exact) mass is 335 g/mol. The van der Waals surface area contributed by atoms with Crippen LogP contribution in [0.5, 0.6) is 0 Å². The minimum absolute atomic E-state index is 0.183. The van der Waals surface area contributed by atoms with Crippen LogP contribution in [-0.4, -0.2) is 27.4 Å². The smallest absolute Gasteiger partial charge is 0.338 e. The normalized spacial score (nSPS) is 15.6. The van der Waals surface area contributed by atoms with Crippen molar-refractivity contribution in [2.24, 2.45) is 0 Å². The van der Waals surface area contributed by atoms with Crippen molar-refractivity contribution in [3.63, 3.8) is 0 Å². The average Bonchev–Trinajstić information content (AvgIpc) is 3.13. The Hall–Kier alpha value is -3.40. The zero-order valence-electron chi connectivity index (χ0n) is 13.2. The van der Waals surface area contributed by atoms with E-state index in [4.69, 9.17) is 4.84 Å². The molecule has 0 saturated heterocycles. The molecule has 0 atom stereocenters. The van der Waals surface area contributed by atoms with Crippen molar-refractivity contribution in [2.45, 2.75) is 25.8 Å². The first-order valence-corrected chi connectivity index (χ1v) is 7.94. The quantitative estimate of drug-likeness (QED) is 0.783. The summed E-state index contributed by atoms with van der Waals surface area (Å²) in [5.41, 5.74) is 1.81. The fourth-order valence-electron chi connectivity index (χ4n) is 3.32. The molecule has 0 aliphatic carbocycles. The van der Waals surface area contributed by atoms with Crippen molar-refractivity contribution >= 4 is 17.8 Å². The largest absolute Gasteiger partial charge is 0.380 e. The number of hydrogen-bond acceptors (Lipinski definition) is 5. The fourth-order valence-corrected chi connectivity index (χ4v) is 3.32. The third-order valence-corrected chi connectivity index (χ3v) is 4.51. The lowest BCUT2D eigenvalue weighted by atomic mass is 10.1. The van der Waals surface area contributed by atoms with Crippen LogP contribution in [0.2, 0.25) is 0 Å². The van der Waals surface area contributed by atoms with Crippen LogP contribution in [0.3, 0.4) is 0 Å². The Bertz CT molecular complexity index is 932. The van der Waals surface area contributed by atoms with Crippen LogP contribution >= 0.6 is 0 Å². The fraction of sp³-hybridized carbons (Fsp3) is 0.222. The molecule has 4 rings (SSSR count). The molecule has 2 aliphatic heterocycles. The van der Waals surface area contributed by atoms with Gasteiger partial charge in [-0.25, -0.2) is 4.79 Å². The summed E-state index contributed by atoms with van der Waals surface area (Å²) >= 11 is 0. The molecule has 25 heavy (non-hydrogen) atoms. The Morgan fingerprint density at radius 1 is 1.12 bits per heavy atom. The molecule has 124 valence electrons. The Morgan fingerprint density at radius 2 is 1.80 bits per heavy atom. The molecular weight excluding hydrogens is 322 g/mol. The van der Waals surface area contributed by atoms with Crippen molar-refractivity contribution in [1.82, 2.24) is 9.63 Å². The van der Waals surface area contributed by atoms with Gasteiger partial charge in [0.15, 0.2) is 0 Å². The summed E-state index contributed by atoms with van der Waals surface area (Å²) in [7, 11) is 0. The lowest BCUT2D eigenvalue weighted by molar-refractivity contribution is -0.0591. The van der Waals surface area contributed by atoms with E-state index in [-0.39, 0.29) is 16.8 Å². The molecule has 0 unspecified atom stereocenters. The number of fused-ring (bicyclic) bond motifs is 2. The minimum Gasteiger partial charge on any atom is -0.338 e. The number of rotatable bonds is 2. The van der Waals surface area contributed by atoms with Crippen molar-refractivity contribution < 1.29 is 19.2 Å². The van der Waals surface area contributed by atoms with E-state index in [1.807, 2.05) is 0 Å². The van der Waals surface area contributed by atoms with Gasteiger partial charge in [0.1, 0.15) is 11.8 Å². The molecule has 0 N–H and O–H groups in total. The lowest BCUT2D eigenvalue weighted by Crippen LogP contribution is -2.33. The second kappa shape index (κ2) is 5.60. The van der Waals surface area contributed by atoms with Crippen LogP contribution in [0, 0.1) is 11.3 Å². The van der Waals surface area contributed by atoms with E-state index in [2.05, 4.69) is 6.07 Å². The van der Waals surface area contributed by atoms with Gasteiger partial charge >= 0.3 is 5.97 Å². The van der Waals surface area contributed by atoms with Gasteiger partial charge in [0, 0.05) is 12.2 Å². The number of hydroxylamine groups is 2. The van der Waals surface area contributed by atoms with Gasteiger partial charge < -0.3 is 9.40 Å². The van der Waals surface area contributed by atoms with Crippen LogP contribution in [0.15, 0.2) is 30.3 Å². The third-order valence-electron chi connectivity index (χ3n) is 4.51. The lowest BCUT2D eigenvalue weighted by Gasteiger charge is -2.18. The maximum absolute atomic E-state index is 12.5. The molecule has 7 nitrogen and oxygen atoms in total. The number of amides is 2. The molecule has 3 heterocycles. The van der Waals surface area contributed by atoms with Gasteiger partial charge in [-0.3, -0.25) is 9.59 Å². The number of benzene rings is 1. The molecule has 2 aliphatic rings. The van der Waals surface area contributed by atoms with Gasteiger partial charge in [-0.05, 0) is 37.5 Å². The molecule has 0 radical (unpaired) electrons. The van der Waals surface area contributed by atoms with Gasteiger partial charge in [0.2, 0.25) is 0 Å². The molecule has 0 bridgehead atoms. The number of imide groups is 1. The van der Waals surface area contributed by atoms with Crippen molar-refractivity contribution in [1.29, 1.82) is 5.26 Å².